The van der Waals surface area contributed by atoms with E-state index in [1.54, 1.807) is 4.80 Å². The number of aryl methyl sites for hydroxylation is 1. The Balaban J connectivity index is 1.41. The van der Waals surface area contributed by atoms with Crippen molar-refractivity contribution in [1.29, 1.82) is 0 Å². The molecule has 0 bridgehead atoms. The summed E-state index contributed by atoms with van der Waals surface area (Å²) in [5, 5.41) is 15.9. The van der Waals surface area contributed by atoms with E-state index in [-0.39, 0.29) is 0 Å². The van der Waals surface area contributed by atoms with Crippen LogP contribution >= 0.6 is 0 Å². The van der Waals surface area contributed by atoms with Crippen LogP contribution in [0, 0.1) is 0 Å². The number of ether oxygens (including phenoxy) is 1. The lowest BCUT2D eigenvalue weighted by atomic mass is 10.1. The van der Waals surface area contributed by atoms with Crippen molar-refractivity contribution >= 4 is 11.4 Å². The van der Waals surface area contributed by atoms with Gasteiger partial charge in [0.15, 0.2) is 0 Å². The summed E-state index contributed by atoms with van der Waals surface area (Å²) in [5.74, 6) is 0.460. The van der Waals surface area contributed by atoms with Crippen LogP contribution in [0.15, 0.2) is 48.5 Å². The van der Waals surface area contributed by atoms with E-state index in [0.717, 1.165) is 57.0 Å². The summed E-state index contributed by atoms with van der Waals surface area (Å²) in [6.07, 6.45) is -3.46. The van der Waals surface area contributed by atoms with Gasteiger partial charge >= 0.3 is 6.18 Å². The van der Waals surface area contributed by atoms with Gasteiger partial charge in [0, 0.05) is 36.6 Å². The van der Waals surface area contributed by atoms with E-state index in [0.29, 0.717) is 23.7 Å². The molecule has 0 amide bonds. The van der Waals surface area contributed by atoms with E-state index < -0.39 is 11.7 Å². The van der Waals surface area contributed by atoms with E-state index in [9.17, 15) is 13.2 Å². The third-order valence-electron chi connectivity index (χ3n) is 5.05. The number of nitrogens with one attached hydrogen (secondary N) is 1. The Morgan fingerprint density at radius 3 is 2.45 bits per heavy atom. The van der Waals surface area contributed by atoms with Crippen molar-refractivity contribution in [2.75, 3.05) is 38.2 Å². The maximum atomic E-state index is 12.8. The van der Waals surface area contributed by atoms with Crippen molar-refractivity contribution in [2.24, 2.45) is 0 Å². The Morgan fingerprint density at radius 2 is 1.71 bits per heavy atom. The topological polar surface area (TPSA) is 68.1 Å². The molecule has 1 N–H and O–H groups in total. The average molecular weight is 432 g/mol. The van der Waals surface area contributed by atoms with Gasteiger partial charge in [-0.25, -0.2) is 0 Å². The molecule has 0 aliphatic carbocycles. The van der Waals surface area contributed by atoms with Crippen molar-refractivity contribution in [3.05, 3.63) is 54.1 Å². The molecule has 0 spiro atoms. The van der Waals surface area contributed by atoms with Crippen LogP contribution in [0.2, 0.25) is 0 Å². The molecular formula is C21H23F3N6O. The fourth-order valence-corrected chi connectivity index (χ4v) is 3.39. The maximum absolute atomic E-state index is 12.8. The van der Waals surface area contributed by atoms with Gasteiger partial charge in [0.2, 0.25) is 5.82 Å². The molecule has 2 heterocycles. The molecule has 2 aromatic carbocycles. The molecule has 1 saturated heterocycles. The number of rotatable bonds is 7. The summed E-state index contributed by atoms with van der Waals surface area (Å²) in [4.78, 5) is 3.93. The third-order valence-corrected chi connectivity index (χ3v) is 5.05. The number of para-hydroxylation sites is 1. The van der Waals surface area contributed by atoms with Gasteiger partial charge in [0.1, 0.15) is 0 Å². The molecule has 10 heteroatoms. The number of halogens is 3. The second-order valence-electron chi connectivity index (χ2n) is 7.26. The molecular weight excluding hydrogens is 409 g/mol. The molecule has 1 aliphatic rings. The highest BCUT2D eigenvalue weighted by Gasteiger charge is 2.30. The summed E-state index contributed by atoms with van der Waals surface area (Å²) in [7, 11) is 0. The van der Waals surface area contributed by atoms with E-state index >= 15 is 0 Å². The van der Waals surface area contributed by atoms with E-state index in [1.165, 1.54) is 12.1 Å². The molecule has 1 fully saturated rings. The minimum Gasteiger partial charge on any atom is -0.379 e. The Kier molecular flexibility index (Phi) is 6.47. The van der Waals surface area contributed by atoms with E-state index in [2.05, 4.69) is 25.6 Å². The van der Waals surface area contributed by atoms with Crippen LogP contribution in [0.5, 0.6) is 0 Å². The zero-order chi connectivity index (χ0) is 21.7. The molecule has 4 rings (SSSR count). The Labute approximate surface area is 177 Å². The van der Waals surface area contributed by atoms with Gasteiger partial charge in [-0.3, -0.25) is 4.90 Å². The first kappa shape index (κ1) is 21.3. The van der Waals surface area contributed by atoms with Gasteiger partial charge in [-0.05, 0) is 48.0 Å². The van der Waals surface area contributed by atoms with Crippen LogP contribution in [-0.2, 0) is 17.5 Å². The van der Waals surface area contributed by atoms with Gasteiger partial charge in [-0.2, -0.15) is 18.0 Å². The Morgan fingerprint density at radius 1 is 0.968 bits per heavy atom. The summed E-state index contributed by atoms with van der Waals surface area (Å²) >= 11 is 0. The zero-order valence-corrected chi connectivity index (χ0v) is 16.8. The molecule has 0 radical (unpaired) electrons. The summed E-state index contributed by atoms with van der Waals surface area (Å²) in [5.41, 5.74) is 1.27. The van der Waals surface area contributed by atoms with Crippen LogP contribution in [0.25, 0.3) is 11.4 Å². The van der Waals surface area contributed by atoms with Crippen LogP contribution in [-0.4, -0.2) is 58.0 Å². The second kappa shape index (κ2) is 9.44. The molecule has 7 nitrogen and oxygen atoms in total. The summed E-state index contributed by atoms with van der Waals surface area (Å²) in [6, 6.07) is 12.3. The van der Waals surface area contributed by atoms with Crippen LogP contribution in [0.1, 0.15) is 12.0 Å². The number of tetrazole rings is 1. The second-order valence-corrected chi connectivity index (χ2v) is 7.26. The van der Waals surface area contributed by atoms with Gasteiger partial charge in [0.25, 0.3) is 0 Å². The molecule has 31 heavy (non-hydrogen) atoms. The Bertz CT molecular complexity index is 983. The van der Waals surface area contributed by atoms with E-state index in [4.69, 9.17) is 4.74 Å². The fraction of sp³-hybridized carbons (Fsp3) is 0.381. The number of nitrogens with zero attached hydrogens (tertiary/aromatic N) is 5. The quantitative estimate of drug-likeness (QED) is 0.612. The van der Waals surface area contributed by atoms with Crippen molar-refractivity contribution in [3.63, 3.8) is 0 Å². The van der Waals surface area contributed by atoms with Crippen LogP contribution < -0.4 is 5.32 Å². The van der Waals surface area contributed by atoms with Gasteiger partial charge < -0.3 is 10.1 Å². The van der Waals surface area contributed by atoms with Crippen molar-refractivity contribution in [2.45, 2.75) is 19.1 Å². The minimum atomic E-state index is -4.36. The highest BCUT2D eigenvalue weighted by Crippen LogP contribution is 2.32. The number of anilines is 2. The molecule has 0 atom stereocenters. The number of hydrogen-bond donors (Lipinski definition) is 1. The first-order chi connectivity index (χ1) is 15.0. The van der Waals surface area contributed by atoms with Crippen molar-refractivity contribution < 1.29 is 17.9 Å². The SMILES string of the molecule is FC(F)(F)c1ccc(Nc2ccccc2-c2nnn(CCCN3CCOCC3)n2)cc1. The predicted molar refractivity (Wildman–Crippen MR) is 110 cm³/mol. The first-order valence-corrected chi connectivity index (χ1v) is 10.1. The predicted octanol–water partition coefficient (Wildman–Crippen LogP) is 3.82. The molecule has 164 valence electrons. The van der Waals surface area contributed by atoms with Gasteiger partial charge in [0.05, 0.1) is 25.3 Å². The average Bonchev–Trinajstić information content (AvgIpc) is 3.23. The smallest absolute Gasteiger partial charge is 0.379 e. The third kappa shape index (κ3) is 5.59. The van der Waals surface area contributed by atoms with Crippen LogP contribution in [0.4, 0.5) is 24.5 Å². The maximum Gasteiger partial charge on any atom is 0.416 e. The molecule has 0 unspecified atom stereocenters. The Hall–Kier alpha value is -2.98. The number of hydrogen-bond acceptors (Lipinski definition) is 6. The van der Waals surface area contributed by atoms with Crippen molar-refractivity contribution in [1.82, 2.24) is 25.1 Å². The summed E-state index contributed by atoms with van der Waals surface area (Å²) in [6.45, 7) is 5.03. The number of morpholine rings is 1. The van der Waals surface area contributed by atoms with Crippen molar-refractivity contribution in [3.8, 4) is 11.4 Å². The highest BCUT2D eigenvalue weighted by molar-refractivity contribution is 5.77. The molecule has 1 aromatic heterocycles. The number of aromatic nitrogens is 4. The van der Waals surface area contributed by atoms with Gasteiger partial charge in [-0.15, -0.1) is 10.2 Å². The normalized spacial score (nSPS) is 15.2. The molecule has 0 saturated carbocycles. The number of benzene rings is 2. The standard InChI is InChI=1S/C21H23F3N6O/c22-21(23,24)16-6-8-17(9-7-16)25-19-5-2-1-4-18(19)20-26-28-30(27-20)11-3-10-29-12-14-31-15-13-29/h1-2,4-9,25H,3,10-15H2. The molecule has 1 aliphatic heterocycles. The van der Waals surface area contributed by atoms with E-state index in [1.807, 2.05) is 24.3 Å². The monoisotopic (exact) mass is 432 g/mol. The van der Waals surface area contributed by atoms with Gasteiger partial charge in [-0.1, -0.05) is 12.1 Å². The lowest BCUT2D eigenvalue weighted by molar-refractivity contribution is -0.137. The highest BCUT2D eigenvalue weighted by atomic mass is 19.4. The largest absolute Gasteiger partial charge is 0.416 e. The lowest BCUT2D eigenvalue weighted by Crippen LogP contribution is -2.37. The summed E-state index contributed by atoms with van der Waals surface area (Å²) < 4.78 is 43.7. The first-order valence-electron chi connectivity index (χ1n) is 10.1. The fourth-order valence-electron chi connectivity index (χ4n) is 3.39. The zero-order valence-electron chi connectivity index (χ0n) is 16.8. The number of alkyl halides is 3. The lowest BCUT2D eigenvalue weighted by Gasteiger charge is -2.26. The molecule has 3 aromatic rings. The minimum absolute atomic E-state index is 0.460. The van der Waals surface area contributed by atoms with Crippen LogP contribution in [0.3, 0.4) is 0 Å².